The molecule has 1 amide bonds. The Morgan fingerprint density at radius 1 is 1.16 bits per heavy atom. The standard InChI is InChI=1S/C18H13ClF3N5O3S/c1-17(9-23,10-27-25-14-7-4-12(19)8-15(14)26-27)24-16(28)11-2-5-13(6-3-11)31(29,30)18(20,21)22/h2-8H,10H2,1H3,(H,24,28). The van der Waals surface area contributed by atoms with Crippen molar-refractivity contribution >= 4 is 38.4 Å². The molecule has 0 saturated heterocycles. The van der Waals surface area contributed by atoms with E-state index in [0.717, 1.165) is 12.1 Å². The van der Waals surface area contributed by atoms with E-state index in [1.165, 1.54) is 11.7 Å². The summed E-state index contributed by atoms with van der Waals surface area (Å²) in [5.74, 6) is -0.792. The summed E-state index contributed by atoms with van der Waals surface area (Å²) < 4.78 is 60.7. The predicted molar refractivity (Wildman–Crippen MR) is 104 cm³/mol. The van der Waals surface area contributed by atoms with Crippen LogP contribution in [0.25, 0.3) is 11.0 Å². The largest absolute Gasteiger partial charge is 0.501 e. The number of fused-ring (bicyclic) bond motifs is 1. The predicted octanol–water partition coefficient (Wildman–Crippen LogP) is 3.09. The second-order valence-electron chi connectivity index (χ2n) is 6.74. The molecule has 0 aliphatic heterocycles. The first-order valence-electron chi connectivity index (χ1n) is 8.50. The van der Waals surface area contributed by atoms with Gasteiger partial charge in [0.2, 0.25) is 0 Å². The number of nitrogens with zero attached hydrogens (tertiary/aromatic N) is 4. The summed E-state index contributed by atoms with van der Waals surface area (Å²) >= 11 is 5.90. The van der Waals surface area contributed by atoms with Crippen molar-refractivity contribution in [3.05, 3.63) is 53.1 Å². The molecule has 2 aromatic carbocycles. The average molecular weight is 472 g/mol. The lowest BCUT2D eigenvalue weighted by Gasteiger charge is -2.22. The Labute approximate surface area is 179 Å². The molecule has 8 nitrogen and oxygen atoms in total. The van der Waals surface area contributed by atoms with Crippen LogP contribution in [0.3, 0.4) is 0 Å². The van der Waals surface area contributed by atoms with Crippen molar-refractivity contribution in [1.82, 2.24) is 20.3 Å². The van der Waals surface area contributed by atoms with E-state index in [9.17, 15) is 31.6 Å². The highest BCUT2D eigenvalue weighted by Crippen LogP contribution is 2.30. The quantitative estimate of drug-likeness (QED) is 0.611. The number of rotatable bonds is 5. The fraction of sp³-hybridized carbons (Fsp3) is 0.222. The van der Waals surface area contributed by atoms with Gasteiger partial charge in [0.1, 0.15) is 16.6 Å². The normalized spacial score (nSPS) is 14.1. The first-order chi connectivity index (χ1) is 14.3. The summed E-state index contributed by atoms with van der Waals surface area (Å²) in [6, 6.07) is 9.98. The molecule has 3 aromatic rings. The smallest absolute Gasteiger partial charge is 0.332 e. The topological polar surface area (TPSA) is 118 Å². The lowest BCUT2D eigenvalue weighted by molar-refractivity contribution is -0.0436. The first kappa shape index (κ1) is 22.5. The number of hydrogen-bond acceptors (Lipinski definition) is 6. The van der Waals surface area contributed by atoms with Crippen LogP contribution in [0.4, 0.5) is 13.2 Å². The van der Waals surface area contributed by atoms with Crippen molar-refractivity contribution in [3.63, 3.8) is 0 Å². The molecule has 13 heteroatoms. The Hall–Kier alpha value is -3.17. The number of nitriles is 1. The van der Waals surface area contributed by atoms with Crippen LogP contribution in [0.5, 0.6) is 0 Å². The van der Waals surface area contributed by atoms with Gasteiger partial charge in [-0.1, -0.05) is 11.6 Å². The van der Waals surface area contributed by atoms with Crippen molar-refractivity contribution < 1.29 is 26.4 Å². The molecule has 0 radical (unpaired) electrons. The molecule has 1 N–H and O–H groups in total. The number of sulfone groups is 1. The minimum absolute atomic E-state index is 0.132. The van der Waals surface area contributed by atoms with Crippen LogP contribution in [0, 0.1) is 11.3 Å². The molecule has 1 heterocycles. The second-order valence-corrected chi connectivity index (χ2v) is 9.11. The van der Waals surface area contributed by atoms with Crippen molar-refractivity contribution in [1.29, 1.82) is 5.26 Å². The molecule has 0 bridgehead atoms. The highest BCUT2D eigenvalue weighted by molar-refractivity contribution is 7.92. The molecule has 0 spiro atoms. The van der Waals surface area contributed by atoms with Crippen LogP contribution in [0.15, 0.2) is 47.4 Å². The van der Waals surface area contributed by atoms with Gasteiger partial charge in [-0.25, -0.2) is 8.42 Å². The Kier molecular flexibility index (Phi) is 5.68. The number of carbonyl (C=O) groups is 1. The third-order valence-electron chi connectivity index (χ3n) is 4.21. The SMILES string of the molecule is CC(C#N)(Cn1nc2ccc(Cl)cc2n1)NC(=O)c1ccc(S(=O)(=O)C(F)(F)F)cc1. The number of aromatic nitrogens is 3. The van der Waals surface area contributed by atoms with Crippen molar-refractivity contribution in [2.75, 3.05) is 0 Å². The van der Waals surface area contributed by atoms with E-state index in [-0.39, 0.29) is 12.1 Å². The molecular formula is C18H13ClF3N5O3S. The van der Waals surface area contributed by atoms with Crippen molar-refractivity contribution in [3.8, 4) is 6.07 Å². The van der Waals surface area contributed by atoms with Crippen LogP contribution in [0.1, 0.15) is 17.3 Å². The van der Waals surface area contributed by atoms with E-state index in [2.05, 4.69) is 15.5 Å². The fourth-order valence-corrected chi connectivity index (χ4v) is 3.56. The fourth-order valence-electron chi connectivity index (χ4n) is 2.63. The first-order valence-corrected chi connectivity index (χ1v) is 10.4. The maximum Gasteiger partial charge on any atom is 0.501 e. The Balaban J connectivity index is 1.79. The number of halogens is 4. The molecule has 1 unspecified atom stereocenters. The number of alkyl halides is 3. The molecule has 1 atom stereocenters. The third kappa shape index (κ3) is 4.62. The number of hydrogen-bond donors (Lipinski definition) is 1. The van der Waals surface area contributed by atoms with Gasteiger partial charge in [-0.3, -0.25) is 4.79 Å². The van der Waals surface area contributed by atoms with Gasteiger partial charge in [0.05, 0.1) is 17.5 Å². The van der Waals surface area contributed by atoms with Gasteiger partial charge in [-0.15, -0.1) is 0 Å². The van der Waals surface area contributed by atoms with Gasteiger partial charge >= 0.3 is 5.51 Å². The summed E-state index contributed by atoms with van der Waals surface area (Å²) in [7, 11) is -5.53. The molecule has 0 fully saturated rings. The molecule has 1 aromatic heterocycles. The third-order valence-corrected chi connectivity index (χ3v) is 5.95. The van der Waals surface area contributed by atoms with E-state index >= 15 is 0 Å². The van der Waals surface area contributed by atoms with Gasteiger partial charge in [0, 0.05) is 10.6 Å². The van der Waals surface area contributed by atoms with E-state index in [1.807, 2.05) is 6.07 Å². The van der Waals surface area contributed by atoms with Crippen LogP contribution in [0.2, 0.25) is 5.02 Å². The highest BCUT2D eigenvalue weighted by atomic mass is 35.5. The van der Waals surface area contributed by atoms with Crippen molar-refractivity contribution in [2.45, 2.75) is 29.4 Å². The number of carbonyl (C=O) groups excluding carboxylic acids is 1. The molecule has 3 rings (SSSR count). The van der Waals surface area contributed by atoms with Gasteiger partial charge in [-0.05, 0) is 49.4 Å². The minimum Gasteiger partial charge on any atom is -0.332 e. The number of nitrogens with one attached hydrogen (secondary N) is 1. The Morgan fingerprint density at radius 3 is 2.35 bits per heavy atom. The van der Waals surface area contributed by atoms with Crippen molar-refractivity contribution in [2.24, 2.45) is 0 Å². The molecule has 31 heavy (non-hydrogen) atoms. The summed E-state index contributed by atoms with van der Waals surface area (Å²) in [6.45, 7) is 1.27. The zero-order valence-electron chi connectivity index (χ0n) is 15.7. The summed E-state index contributed by atoms with van der Waals surface area (Å²) in [5.41, 5.74) is -6.06. The molecule has 0 aliphatic carbocycles. The summed E-state index contributed by atoms with van der Waals surface area (Å²) in [4.78, 5) is 12.7. The second kappa shape index (κ2) is 7.82. The maximum absolute atomic E-state index is 12.6. The van der Waals surface area contributed by atoms with Crippen LogP contribution < -0.4 is 5.32 Å². The molecule has 0 aliphatic rings. The maximum atomic E-state index is 12.6. The summed E-state index contributed by atoms with van der Waals surface area (Å²) in [6.07, 6.45) is 0. The molecular weight excluding hydrogens is 459 g/mol. The zero-order chi connectivity index (χ0) is 23.0. The van der Waals surface area contributed by atoms with Gasteiger partial charge in [0.15, 0.2) is 0 Å². The number of amides is 1. The lowest BCUT2D eigenvalue weighted by atomic mass is 10.0. The van der Waals surface area contributed by atoms with E-state index in [1.54, 1.807) is 18.2 Å². The van der Waals surface area contributed by atoms with E-state index < -0.39 is 31.7 Å². The molecule has 0 saturated carbocycles. The Morgan fingerprint density at radius 2 is 1.77 bits per heavy atom. The van der Waals surface area contributed by atoms with Crippen LogP contribution in [-0.2, 0) is 16.4 Å². The lowest BCUT2D eigenvalue weighted by Crippen LogP contribution is -2.48. The Bertz CT molecular complexity index is 1300. The highest BCUT2D eigenvalue weighted by Gasteiger charge is 2.46. The average Bonchev–Trinajstić information content (AvgIpc) is 3.08. The van der Waals surface area contributed by atoms with E-state index in [4.69, 9.17) is 11.6 Å². The monoisotopic (exact) mass is 471 g/mol. The number of benzene rings is 2. The van der Waals surface area contributed by atoms with E-state index in [0.29, 0.717) is 28.2 Å². The molecule has 162 valence electrons. The minimum atomic E-state index is -5.53. The van der Waals surface area contributed by atoms with Gasteiger partial charge in [-0.2, -0.15) is 33.4 Å². The summed E-state index contributed by atoms with van der Waals surface area (Å²) in [5, 5.41) is 20.8. The zero-order valence-corrected chi connectivity index (χ0v) is 17.3. The van der Waals surface area contributed by atoms with Crippen LogP contribution >= 0.6 is 11.6 Å². The van der Waals surface area contributed by atoms with Gasteiger partial charge < -0.3 is 5.32 Å². The van der Waals surface area contributed by atoms with Gasteiger partial charge in [0.25, 0.3) is 15.7 Å². The van der Waals surface area contributed by atoms with Crippen LogP contribution in [-0.4, -0.2) is 40.4 Å².